The highest BCUT2D eigenvalue weighted by molar-refractivity contribution is 4.90. The number of hydrogen-bond donors (Lipinski definition) is 1. The Balaban J connectivity index is 2.39. The fraction of sp³-hybridized carbons (Fsp3) is 1.00. The molecule has 60 valence electrons. The maximum Gasteiger partial charge on any atom is 0.0540 e. The Bertz CT molecular complexity index is 110. The number of rotatable bonds is 4. The van der Waals surface area contributed by atoms with Crippen LogP contribution in [-0.2, 0) is 4.74 Å². The van der Waals surface area contributed by atoms with Crippen molar-refractivity contribution in [2.45, 2.75) is 19.8 Å². The zero-order valence-electron chi connectivity index (χ0n) is 6.76. The van der Waals surface area contributed by atoms with Crippen LogP contribution in [0.5, 0.6) is 0 Å². The number of aliphatic hydroxyl groups excluding tert-OH is 1. The smallest absolute Gasteiger partial charge is 0.0540 e. The molecular formula is C8H16O2. The summed E-state index contributed by atoms with van der Waals surface area (Å²) in [5.74, 6) is 0.706. The first kappa shape index (κ1) is 8.02. The molecule has 0 heterocycles. The van der Waals surface area contributed by atoms with E-state index in [-0.39, 0.29) is 12.0 Å². The van der Waals surface area contributed by atoms with Crippen molar-refractivity contribution < 1.29 is 9.84 Å². The summed E-state index contributed by atoms with van der Waals surface area (Å²) in [6.07, 6.45) is 2.53. The third kappa shape index (κ3) is 1.50. The predicted molar refractivity (Wildman–Crippen MR) is 39.8 cm³/mol. The van der Waals surface area contributed by atoms with Gasteiger partial charge in [-0.3, -0.25) is 0 Å². The molecule has 1 fully saturated rings. The van der Waals surface area contributed by atoms with E-state index < -0.39 is 0 Å². The van der Waals surface area contributed by atoms with Gasteiger partial charge in [0.2, 0.25) is 0 Å². The van der Waals surface area contributed by atoms with Gasteiger partial charge in [-0.15, -0.1) is 0 Å². The van der Waals surface area contributed by atoms with Gasteiger partial charge in [-0.1, -0.05) is 6.92 Å². The molecule has 1 saturated carbocycles. The molecule has 1 atom stereocenters. The van der Waals surface area contributed by atoms with E-state index in [4.69, 9.17) is 9.84 Å². The molecule has 1 unspecified atom stereocenters. The Morgan fingerprint density at radius 3 is 2.50 bits per heavy atom. The number of methoxy groups -OCH3 is 1. The summed E-state index contributed by atoms with van der Waals surface area (Å²) in [4.78, 5) is 0. The van der Waals surface area contributed by atoms with E-state index in [1.54, 1.807) is 7.11 Å². The van der Waals surface area contributed by atoms with Crippen LogP contribution in [0.4, 0.5) is 0 Å². The molecule has 1 N–H and O–H groups in total. The van der Waals surface area contributed by atoms with Crippen LogP contribution < -0.4 is 0 Å². The molecule has 0 radical (unpaired) electrons. The lowest BCUT2D eigenvalue weighted by molar-refractivity contribution is 0.0267. The minimum atomic E-state index is 0.0365. The van der Waals surface area contributed by atoms with Crippen LogP contribution in [0, 0.1) is 11.3 Å². The van der Waals surface area contributed by atoms with Crippen molar-refractivity contribution >= 4 is 0 Å². The maximum absolute atomic E-state index is 9.05. The van der Waals surface area contributed by atoms with E-state index in [1.165, 1.54) is 12.8 Å². The monoisotopic (exact) mass is 144 g/mol. The summed E-state index contributed by atoms with van der Waals surface area (Å²) < 4.78 is 5.04. The normalized spacial score (nSPS) is 24.3. The highest BCUT2D eigenvalue weighted by Gasteiger charge is 2.40. The second-order valence-electron chi connectivity index (χ2n) is 3.52. The van der Waals surface area contributed by atoms with Crippen LogP contribution in [0.3, 0.4) is 0 Å². The minimum absolute atomic E-state index is 0.0365. The molecule has 0 aromatic heterocycles. The molecule has 1 aliphatic rings. The van der Waals surface area contributed by atoms with Gasteiger partial charge in [0.25, 0.3) is 0 Å². The zero-order chi connectivity index (χ0) is 7.61. The van der Waals surface area contributed by atoms with Crippen molar-refractivity contribution in [1.29, 1.82) is 0 Å². The lowest BCUT2D eigenvalue weighted by Gasteiger charge is -2.25. The molecule has 0 aromatic rings. The van der Waals surface area contributed by atoms with Gasteiger partial charge >= 0.3 is 0 Å². The largest absolute Gasteiger partial charge is 0.396 e. The Kier molecular flexibility index (Phi) is 2.32. The van der Waals surface area contributed by atoms with Crippen molar-refractivity contribution in [2.24, 2.45) is 11.3 Å². The number of ether oxygens (including phenoxy) is 1. The average Bonchev–Trinajstić information content (AvgIpc) is 2.69. The molecule has 0 saturated heterocycles. The third-order valence-electron chi connectivity index (χ3n) is 2.40. The fourth-order valence-corrected chi connectivity index (χ4v) is 1.40. The summed E-state index contributed by atoms with van der Waals surface area (Å²) in [5.41, 5.74) is 0.0365. The van der Waals surface area contributed by atoms with Gasteiger partial charge in [0.1, 0.15) is 0 Å². The minimum Gasteiger partial charge on any atom is -0.396 e. The van der Waals surface area contributed by atoms with Crippen molar-refractivity contribution in [3.8, 4) is 0 Å². The highest BCUT2D eigenvalue weighted by Crippen LogP contribution is 2.45. The van der Waals surface area contributed by atoms with Gasteiger partial charge in [-0.05, 0) is 18.8 Å². The molecule has 2 heteroatoms. The van der Waals surface area contributed by atoms with Crippen molar-refractivity contribution in [2.75, 3.05) is 20.3 Å². The second-order valence-corrected chi connectivity index (χ2v) is 3.52. The van der Waals surface area contributed by atoms with E-state index >= 15 is 0 Å². The van der Waals surface area contributed by atoms with Gasteiger partial charge in [0.05, 0.1) is 13.2 Å². The second kappa shape index (κ2) is 2.89. The van der Waals surface area contributed by atoms with Gasteiger partial charge in [0.15, 0.2) is 0 Å². The topological polar surface area (TPSA) is 29.5 Å². The van der Waals surface area contributed by atoms with Crippen molar-refractivity contribution in [3.63, 3.8) is 0 Å². The first-order chi connectivity index (χ1) is 4.73. The zero-order valence-corrected chi connectivity index (χ0v) is 6.76. The van der Waals surface area contributed by atoms with E-state index in [1.807, 2.05) is 0 Å². The van der Waals surface area contributed by atoms with Gasteiger partial charge in [0, 0.05) is 12.5 Å². The first-order valence-corrected chi connectivity index (χ1v) is 3.83. The SMILES string of the molecule is COCC(C)(CO)C1CC1. The number of aliphatic hydroxyl groups is 1. The van der Waals surface area contributed by atoms with Crippen molar-refractivity contribution in [3.05, 3.63) is 0 Å². The fourth-order valence-electron chi connectivity index (χ4n) is 1.40. The summed E-state index contributed by atoms with van der Waals surface area (Å²) in [5, 5.41) is 9.05. The summed E-state index contributed by atoms with van der Waals surface area (Å²) >= 11 is 0. The van der Waals surface area contributed by atoms with Crippen LogP contribution >= 0.6 is 0 Å². The lowest BCUT2D eigenvalue weighted by atomic mass is 9.87. The van der Waals surface area contributed by atoms with Crippen LogP contribution in [0.15, 0.2) is 0 Å². The molecule has 10 heavy (non-hydrogen) atoms. The van der Waals surface area contributed by atoms with Crippen LogP contribution in [0.25, 0.3) is 0 Å². The molecule has 0 aromatic carbocycles. The first-order valence-electron chi connectivity index (χ1n) is 3.83. The third-order valence-corrected chi connectivity index (χ3v) is 2.40. The van der Waals surface area contributed by atoms with E-state index in [0.717, 1.165) is 0 Å². The molecule has 0 amide bonds. The molecule has 2 nitrogen and oxygen atoms in total. The Hall–Kier alpha value is -0.0800. The van der Waals surface area contributed by atoms with E-state index in [9.17, 15) is 0 Å². The maximum atomic E-state index is 9.05. The van der Waals surface area contributed by atoms with Crippen LogP contribution in [0.1, 0.15) is 19.8 Å². The Morgan fingerprint density at radius 1 is 1.60 bits per heavy atom. The Labute approximate surface area is 62.2 Å². The standard InChI is InChI=1S/C8H16O2/c1-8(5-9,6-10-2)7-3-4-7/h7,9H,3-6H2,1-2H3. The summed E-state index contributed by atoms with van der Waals surface area (Å²) in [6.45, 7) is 3.04. The Morgan fingerprint density at radius 2 is 2.20 bits per heavy atom. The van der Waals surface area contributed by atoms with E-state index in [2.05, 4.69) is 6.92 Å². The molecule has 1 rings (SSSR count). The molecule has 0 aliphatic heterocycles. The quantitative estimate of drug-likeness (QED) is 0.639. The average molecular weight is 144 g/mol. The van der Waals surface area contributed by atoms with Gasteiger partial charge in [-0.25, -0.2) is 0 Å². The lowest BCUT2D eigenvalue weighted by Crippen LogP contribution is -2.29. The predicted octanol–water partition coefficient (Wildman–Crippen LogP) is 1.04. The van der Waals surface area contributed by atoms with Crippen LogP contribution in [-0.4, -0.2) is 25.4 Å². The molecule has 1 aliphatic carbocycles. The van der Waals surface area contributed by atoms with Gasteiger partial charge in [-0.2, -0.15) is 0 Å². The van der Waals surface area contributed by atoms with Crippen molar-refractivity contribution in [1.82, 2.24) is 0 Å². The summed E-state index contributed by atoms with van der Waals surface area (Å²) in [6, 6.07) is 0. The van der Waals surface area contributed by atoms with E-state index in [0.29, 0.717) is 12.5 Å². The summed E-state index contributed by atoms with van der Waals surface area (Å²) in [7, 11) is 1.69. The van der Waals surface area contributed by atoms with Gasteiger partial charge < -0.3 is 9.84 Å². The highest BCUT2D eigenvalue weighted by atomic mass is 16.5. The molecular weight excluding hydrogens is 128 g/mol. The molecule has 0 spiro atoms. The molecule has 0 bridgehead atoms. The van der Waals surface area contributed by atoms with Crippen LogP contribution in [0.2, 0.25) is 0 Å². The number of hydrogen-bond acceptors (Lipinski definition) is 2.